The van der Waals surface area contributed by atoms with E-state index in [1.165, 1.54) is 0 Å². The van der Waals surface area contributed by atoms with Crippen LogP contribution in [0.15, 0.2) is 79.4 Å². The smallest absolute Gasteiger partial charge is 0.381 e. The quantitative estimate of drug-likeness (QED) is 0.219. The topological polar surface area (TPSA) is 82.6 Å². The third kappa shape index (κ3) is 6.84. The second-order valence-electron chi connectivity index (χ2n) is 10.8. The molecule has 3 aromatic carbocycles. The number of carbonyl (C=O) groups is 1. The molecule has 1 aliphatic rings. The summed E-state index contributed by atoms with van der Waals surface area (Å²) in [5.74, 6) is -0.0598. The van der Waals surface area contributed by atoms with Gasteiger partial charge in [0.05, 0.1) is 25.4 Å². The largest absolute Gasteiger partial charge is 0.418 e. The predicted octanol–water partition coefficient (Wildman–Crippen LogP) is 5.99. The summed E-state index contributed by atoms with van der Waals surface area (Å²) in [7, 11) is 0. The van der Waals surface area contributed by atoms with Gasteiger partial charge >= 0.3 is 6.18 Å². The fourth-order valence-electron chi connectivity index (χ4n) is 4.87. The lowest BCUT2D eigenvalue weighted by Gasteiger charge is -2.38. The molecular weight excluding hydrogens is 519 g/mol. The van der Waals surface area contributed by atoms with E-state index in [9.17, 15) is 23.1 Å². The number of carbonyl (C=O) groups excluding carboxylic acids is 1. The SMILES string of the molecule is C=C(NOCc1ccccc1)c1cccc(C(C)(C)CC(O)(CNc2cccc3c2CC(=O)CN3)C(F)(F)F)c1. The van der Waals surface area contributed by atoms with Crippen molar-refractivity contribution in [1.29, 1.82) is 0 Å². The highest BCUT2D eigenvalue weighted by Gasteiger charge is 2.56. The molecule has 1 aliphatic heterocycles. The summed E-state index contributed by atoms with van der Waals surface area (Å²) in [6.07, 6.45) is -5.40. The number of hydrogen-bond donors (Lipinski definition) is 4. The molecule has 0 spiro atoms. The number of ketones is 1. The number of fused-ring (bicyclic) bond motifs is 1. The third-order valence-corrected chi connectivity index (χ3v) is 7.13. The lowest BCUT2D eigenvalue weighted by atomic mass is 9.74. The molecule has 0 saturated carbocycles. The van der Waals surface area contributed by atoms with Crippen molar-refractivity contribution < 1.29 is 27.9 Å². The first-order valence-corrected chi connectivity index (χ1v) is 13.0. The van der Waals surface area contributed by atoms with Crippen molar-refractivity contribution in [2.45, 2.75) is 50.5 Å². The molecular formula is C31H34F3N3O3. The highest BCUT2D eigenvalue weighted by atomic mass is 19.4. The number of Topliss-reactive ketones (excluding diaryl/α,β-unsaturated/α-hetero) is 1. The van der Waals surface area contributed by atoms with E-state index in [1.54, 1.807) is 56.3 Å². The molecule has 212 valence electrons. The van der Waals surface area contributed by atoms with Gasteiger partial charge in [-0.3, -0.25) is 15.1 Å². The Bertz CT molecular complexity index is 1360. The van der Waals surface area contributed by atoms with E-state index in [2.05, 4.69) is 22.7 Å². The molecule has 0 fully saturated rings. The summed E-state index contributed by atoms with van der Waals surface area (Å²) >= 11 is 0. The minimum absolute atomic E-state index is 0.0598. The van der Waals surface area contributed by atoms with Gasteiger partial charge in [0.25, 0.3) is 0 Å². The number of anilines is 2. The van der Waals surface area contributed by atoms with Gasteiger partial charge < -0.3 is 15.7 Å². The number of rotatable bonds is 11. The van der Waals surface area contributed by atoms with Crippen LogP contribution in [0.4, 0.5) is 24.5 Å². The summed E-state index contributed by atoms with van der Waals surface area (Å²) in [4.78, 5) is 17.5. The highest BCUT2D eigenvalue weighted by Crippen LogP contribution is 2.42. The fourth-order valence-corrected chi connectivity index (χ4v) is 4.87. The van der Waals surface area contributed by atoms with Gasteiger partial charge in [-0.1, -0.05) is 75.0 Å². The average molecular weight is 554 g/mol. The van der Waals surface area contributed by atoms with Crippen molar-refractivity contribution in [3.63, 3.8) is 0 Å². The molecule has 6 nitrogen and oxygen atoms in total. The molecule has 0 amide bonds. The van der Waals surface area contributed by atoms with Crippen LogP contribution in [0.25, 0.3) is 5.70 Å². The molecule has 1 unspecified atom stereocenters. The standard InChI is InChI=1S/C31H34F3N3O3/c1-21(37-40-18-22-9-5-4-6-10-22)23-11-7-12-24(15-23)29(2,3)19-30(39,31(32,33)34)20-36-28-14-8-13-27-26(28)16-25(38)17-35-27/h4-15,35-37,39H,1,16-20H2,2-3H3. The second kappa shape index (κ2) is 11.7. The molecule has 1 heterocycles. The van der Waals surface area contributed by atoms with Crippen LogP contribution < -0.4 is 16.1 Å². The van der Waals surface area contributed by atoms with E-state index >= 15 is 0 Å². The van der Waals surface area contributed by atoms with Crippen LogP contribution in [0.1, 0.15) is 42.5 Å². The molecule has 3 aromatic rings. The summed E-state index contributed by atoms with van der Waals surface area (Å²) in [6.45, 7) is 7.04. The van der Waals surface area contributed by atoms with Crippen LogP contribution in [-0.2, 0) is 28.1 Å². The van der Waals surface area contributed by atoms with Crippen LogP contribution >= 0.6 is 0 Å². The molecule has 4 N–H and O–H groups in total. The molecule has 0 aromatic heterocycles. The zero-order chi connectivity index (χ0) is 29.0. The molecule has 40 heavy (non-hydrogen) atoms. The van der Waals surface area contributed by atoms with Crippen molar-refractivity contribution in [2.75, 3.05) is 23.7 Å². The molecule has 0 radical (unpaired) electrons. The zero-order valence-electron chi connectivity index (χ0n) is 22.6. The summed E-state index contributed by atoms with van der Waals surface area (Å²) in [6, 6.07) is 21.6. The van der Waals surface area contributed by atoms with Crippen LogP contribution in [0, 0.1) is 0 Å². The first-order chi connectivity index (χ1) is 18.9. The molecule has 0 bridgehead atoms. The lowest BCUT2D eigenvalue weighted by Crippen LogP contribution is -2.53. The summed E-state index contributed by atoms with van der Waals surface area (Å²) in [5, 5.41) is 16.8. The Morgan fingerprint density at radius 1 is 1.05 bits per heavy atom. The van der Waals surface area contributed by atoms with Crippen molar-refractivity contribution in [3.8, 4) is 0 Å². The second-order valence-corrected chi connectivity index (χ2v) is 10.8. The third-order valence-electron chi connectivity index (χ3n) is 7.13. The van der Waals surface area contributed by atoms with Gasteiger partial charge in [-0.2, -0.15) is 13.2 Å². The number of aliphatic hydroxyl groups is 1. The minimum Gasteiger partial charge on any atom is -0.381 e. The monoisotopic (exact) mass is 553 g/mol. The van der Waals surface area contributed by atoms with E-state index in [-0.39, 0.29) is 18.7 Å². The minimum atomic E-state index is -4.91. The number of nitrogens with one attached hydrogen (secondary N) is 3. The van der Waals surface area contributed by atoms with E-state index in [4.69, 9.17) is 4.84 Å². The summed E-state index contributed by atoms with van der Waals surface area (Å²) < 4.78 is 43.0. The van der Waals surface area contributed by atoms with Crippen LogP contribution in [0.2, 0.25) is 0 Å². The Kier molecular flexibility index (Phi) is 8.56. The van der Waals surface area contributed by atoms with E-state index in [1.807, 2.05) is 30.3 Å². The first kappa shape index (κ1) is 29.2. The number of benzene rings is 3. The fraction of sp³-hybridized carbons (Fsp3) is 0.323. The number of halogens is 3. The van der Waals surface area contributed by atoms with Gasteiger partial charge in [0.15, 0.2) is 11.4 Å². The average Bonchev–Trinajstić information content (AvgIpc) is 2.91. The number of hydrogen-bond acceptors (Lipinski definition) is 6. The Labute approximate surface area is 232 Å². The highest BCUT2D eigenvalue weighted by molar-refractivity contribution is 5.91. The molecule has 4 rings (SSSR count). The van der Waals surface area contributed by atoms with Gasteiger partial charge in [-0.25, -0.2) is 0 Å². The number of hydroxylamine groups is 1. The van der Waals surface area contributed by atoms with Crippen molar-refractivity contribution in [3.05, 3.63) is 102 Å². The number of alkyl halides is 3. The maximum Gasteiger partial charge on any atom is 0.418 e. The van der Waals surface area contributed by atoms with Gasteiger partial charge in [0, 0.05) is 23.4 Å². The Morgan fingerprint density at radius 3 is 2.50 bits per heavy atom. The van der Waals surface area contributed by atoms with Gasteiger partial charge in [-0.15, -0.1) is 0 Å². The Morgan fingerprint density at radius 2 is 1.77 bits per heavy atom. The normalized spacial score (nSPS) is 15.0. The van der Waals surface area contributed by atoms with Gasteiger partial charge in [0.1, 0.15) is 0 Å². The maximum atomic E-state index is 14.3. The first-order valence-electron chi connectivity index (χ1n) is 13.0. The van der Waals surface area contributed by atoms with Crippen molar-refractivity contribution in [2.24, 2.45) is 0 Å². The Hall–Kier alpha value is -3.82. The van der Waals surface area contributed by atoms with Crippen LogP contribution in [0.5, 0.6) is 0 Å². The maximum absolute atomic E-state index is 14.3. The lowest BCUT2D eigenvalue weighted by molar-refractivity contribution is -0.260. The van der Waals surface area contributed by atoms with Crippen LogP contribution in [-0.4, -0.2) is 35.8 Å². The van der Waals surface area contributed by atoms with Crippen LogP contribution in [0.3, 0.4) is 0 Å². The molecule has 0 saturated heterocycles. The van der Waals surface area contributed by atoms with Gasteiger partial charge in [-0.05, 0) is 46.7 Å². The Balaban J connectivity index is 1.47. The van der Waals surface area contributed by atoms with E-state index in [0.717, 1.165) is 5.56 Å². The summed E-state index contributed by atoms with van der Waals surface area (Å²) in [5.41, 5.74) is 3.04. The molecule has 0 aliphatic carbocycles. The molecule has 9 heteroatoms. The van der Waals surface area contributed by atoms with E-state index < -0.39 is 30.2 Å². The van der Waals surface area contributed by atoms with Gasteiger partial charge in [0.2, 0.25) is 0 Å². The zero-order valence-corrected chi connectivity index (χ0v) is 22.6. The van der Waals surface area contributed by atoms with Crippen molar-refractivity contribution >= 4 is 22.9 Å². The van der Waals surface area contributed by atoms with E-state index in [0.29, 0.717) is 40.4 Å². The molecule has 1 atom stereocenters. The predicted molar refractivity (Wildman–Crippen MR) is 151 cm³/mol. The van der Waals surface area contributed by atoms with Crippen molar-refractivity contribution in [1.82, 2.24) is 5.48 Å².